The third-order valence-electron chi connectivity index (χ3n) is 3.06. The van der Waals surface area contributed by atoms with E-state index in [0.29, 0.717) is 35.2 Å². The van der Waals surface area contributed by atoms with Crippen molar-refractivity contribution >= 4 is 53.1 Å². The summed E-state index contributed by atoms with van der Waals surface area (Å²) in [4.78, 5) is 12.3. The molecule has 0 aliphatic carbocycles. The van der Waals surface area contributed by atoms with Crippen molar-refractivity contribution in [2.24, 2.45) is 4.99 Å². The van der Waals surface area contributed by atoms with Crippen LogP contribution in [0.5, 0.6) is 5.88 Å². The second-order valence-corrected chi connectivity index (χ2v) is 5.65. The predicted octanol–water partition coefficient (Wildman–Crippen LogP) is 3.19. The van der Waals surface area contributed by atoms with Crippen molar-refractivity contribution in [2.75, 3.05) is 26.7 Å². The van der Waals surface area contributed by atoms with Crippen LogP contribution < -0.4 is 15.4 Å². The van der Waals surface area contributed by atoms with Gasteiger partial charge in [-0.15, -0.1) is 24.0 Å². The van der Waals surface area contributed by atoms with Gasteiger partial charge in [-0.2, -0.15) is 0 Å². The SMILES string of the molecule is CN=C(NCCOc1ccc(Cl)cn1)NCCc1ccc(Cl)nc1.I. The summed E-state index contributed by atoms with van der Waals surface area (Å²) in [6, 6.07) is 7.21. The minimum absolute atomic E-state index is 0. The van der Waals surface area contributed by atoms with Gasteiger partial charge in [-0.1, -0.05) is 29.3 Å². The zero-order chi connectivity index (χ0) is 17.2. The van der Waals surface area contributed by atoms with Crippen LogP contribution in [0.4, 0.5) is 0 Å². The van der Waals surface area contributed by atoms with Gasteiger partial charge in [0.25, 0.3) is 0 Å². The molecule has 136 valence electrons. The van der Waals surface area contributed by atoms with Crippen LogP contribution in [0.2, 0.25) is 10.2 Å². The quantitative estimate of drug-likeness (QED) is 0.203. The van der Waals surface area contributed by atoms with Gasteiger partial charge >= 0.3 is 0 Å². The Bertz CT molecular complexity index is 653. The van der Waals surface area contributed by atoms with E-state index >= 15 is 0 Å². The fraction of sp³-hybridized carbons (Fsp3) is 0.312. The molecule has 2 heterocycles. The first-order valence-electron chi connectivity index (χ1n) is 7.46. The van der Waals surface area contributed by atoms with Gasteiger partial charge in [-0.05, 0) is 24.1 Å². The zero-order valence-corrected chi connectivity index (χ0v) is 17.5. The number of hydrogen-bond acceptors (Lipinski definition) is 4. The van der Waals surface area contributed by atoms with Gasteiger partial charge in [-0.25, -0.2) is 9.97 Å². The highest BCUT2D eigenvalue weighted by Gasteiger charge is 2.00. The van der Waals surface area contributed by atoms with E-state index in [-0.39, 0.29) is 24.0 Å². The molecule has 0 aliphatic heterocycles. The third kappa shape index (κ3) is 8.55. The molecule has 0 aliphatic rings. The maximum Gasteiger partial charge on any atom is 0.213 e. The summed E-state index contributed by atoms with van der Waals surface area (Å²) in [5.74, 6) is 1.25. The van der Waals surface area contributed by atoms with E-state index in [2.05, 4.69) is 25.6 Å². The molecule has 6 nitrogen and oxygen atoms in total. The van der Waals surface area contributed by atoms with Crippen molar-refractivity contribution in [3.05, 3.63) is 52.4 Å². The highest BCUT2D eigenvalue weighted by Crippen LogP contribution is 2.10. The molecule has 0 saturated heterocycles. The Hall–Kier alpha value is -1.32. The van der Waals surface area contributed by atoms with Crippen LogP contribution >= 0.6 is 47.2 Å². The van der Waals surface area contributed by atoms with E-state index in [9.17, 15) is 0 Å². The molecule has 2 aromatic heterocycles. The Balaban J connectivity index is 0.00000312. The Labute approximate surface area is 174 Å². The number of nitrogens with zero attached hydrogens (tertiary/aromatic N) is 3. The predicted molar refractivity (Wildman–Crippen MR) is 112 cm³/mol. The summed E-state index contributed by atoms with van der Waals surface area (Å²) in [7, 11) is 1.72. The standard InChI is InChI=1S/C16H19Cl2N5O.HI/c1-19-16(20-7-6-12-2-4-14(18)22-10-12)21-8-9-24-15-5-3-13(17)11-23-15;/h2-5,10-11H,6-9H2,1H3,(H2,19,20,21);1H. The maximum atomic E-state index is 5.77. The van der Waals surface area contributed by atoms with Crippen LogP contribution in [0.25, 0.3) is 0 Å². The lowest BCUT2D eigenvalue weighted by Crippen LogP contribution is -2.40. The second-order valence-electron chi connectivity index (χ2n) is 4.83. The van der Waals surface area contributed by atoms with Crippen LogP contribution in [0, 0.1) is 0 Å². The minimum Gasteiger partial charge on any atom is -0.476 e. The summed E-state index contributed by atoms with van der Waals surface area (Å²) < 4.78 is 5.51. The molecular formula is C16H20Cl2IN5O. The first kappa shape index (κ1) is 21.7. The van der Waals surface area contributed by atoms with E-state index < -0.39 is 0 Å². The number of halogens is 3. The van der Waals surface area contributed by atoms with E-state index in [1.54, 1.807) is 37.6 Å². The van der Waals surface area contributed by atoms with Crippen molar-refractivity contribution in [3.63, 3.8) is 0 Å². The number of aromatic nitrogens is 2. The molecular weight excluding hydrogens is 476 g/mol. The molecule has 0 atom stereocenters. The van der Waals surface area contributed by atoms with Crippen LogP contribution in [0.3, 0.4) is 0 Å². The molecule has 0 radical (unpaired) electrons. The van der Waals surface area contributed by atoms with Crippen molar-refractivity contribution in [2.45, 2.75) is 6.42 Å². The number of pyridine rings is 2. The molecule has 0 aromatic carbocycles. The van der Waals surface area contributed by atoms with Crippen molar-refractivity contribution in [1.82, 2.24) is 20.6 Å². The summed E-state index contributed by atoms with van der Waals surface area (Å²) in [5.41, 5.74) is 1.11. The highest BCUT2D eigenvalue weighted by atomic mass is 127. The van der Waals surface area contributed by atoms with Crippen molar-refractivity contribution in [3.8, 4) is 5.88 Å². The summed E-state index contributed by atoms with van der Waals surface area (Å²) in [5, 5.41) is 7.48. The number of hydrogen-bond donors (Lipinski definition) is 2. The van der Waals surface area contributed by atoms with Gasteiger partial charge in [-0.3, -0.25) is 4.99 Å². The van der Waals surface area contributed by atoms with E-state index in [1.807, 2.05) is 6.07 Å². The molecule has 0 unspecified atom stereocenters. The molecule has 0 saturated carbocycles. The first-order chi connectivity index (χ1) is 11.7. The first-order valence-corrected chi connectivity index (χ1v) is 8.22. The average Bonchev–Trinajstić information content (AvgIpc) is 2.60. The number of rotatable bonds is 7. The van der Waals surface area contributed by atoms with Crippen LogP contribution in [-0.4, -0.2) is 42.7 Å². The average molecular weight is 496 g/mol. The van der Waals surface area contributed by atoms with E-state index in [1.165, 1.54) is 0 Å². The fourth-order valence-corrected chi connectivity index (χ4v) is 2.10. The molecule has 0 fully saturated rings. The topological polar surface area (TPSA) is 71.4 Å². The molecule has 0 amide bonds. The fourth-order valence-electron chi connectivity index (χ4n) is 1.87. The smallest absolute Gasteiger partial charge is 0.213 e. The normalized spacial score (nSPS) is 10.8. The summed E-state index contributed by atoms with van der Waals surface area (Å²) >= 11 is 11.5. The zero-order valence-electron chi connectivity index (χ0n) is 13.7. The molecule has 25 heavy (non-hydrogen) atoms. The van der Waals surface area contributed by atoms with Gasteiger partial charge in [0.15, 0.2) is 5.96 Å². The van der Waals surface area contributed by atoms with Crippen LogP contribution in [0.15, 0.2) is 41.7 Å². The van der Waals surface area contributed by atoms with Gasteiger partial charge in [0.1, 0.15) is 11.8 Å². The minimum atomic E-state index is 0. The molecule has 0 bridgehead atoms. The Morgan fingerprint density at radius 2 is 1.88 bits per heavy atom. The van der Waals surface area contributed by atoms with E-state index in [4.69, 9.17) is 27.9 Å². The van der Waals surface area contributed by atoms with Crippen LogP contribution in [-0.2, 0) is 6.42 Å². The molecule has 2 aromatic rings. The lowest BCUT2D eigenvalue weighted by Gasteiger charge is -2.12. The monoisotopic (exact) mass is 495 g/mol. The number of ether oxygens (including phenoxy) is 1. The highest BCUT2D eigenvalue weighted by molar-refractivity contribution is 14.0. The Morgan fingerprint density at radius 3 is 2.52 bits per heavy atom. The number of aliphatic imine (C=N–C) groups is 1. The Morgan fingerprint density at radius 1 is 1.08 bits per heavy atom. The van der Waals surface area contributed by atoms with E-state index in [0.717, 1.165) is 18.5 Å². The lowest BCUT2D eigenvalue weighted by atomic mass is 10.2. The summed E-state index contributed by atoms with van der Waals surface area (Å²) in [6.45, 7) is 1.81. The van der Waals surface area contributed by atoms with Crippen LogP contribution in [0.1, 0.15) is 5.56 Å². The maximum absolute atomic E-state index is 5.77. The molecule has 2 N–H and O–H groups in total. The molecule has 0 spiro atoms. The second kappa shape index (κ2) is 12.1. The van der Waals surface area contributed by atoms with Crippen molar-refractivity contribution < 1.29 is 4.74 Å². The Kier molecular flexibility index (Phi) is 10.5. The lowest BCUT2D eigenvalue weighted by molar-refractivity contribution is 0.309. The largest absolute Gasteiger partial charge is 0.476 e. The third-order valence-corrected chi connectivity index (χ3v) is 3.51. The summed E-state index contributed by atoms with van der Waals surface area (Å²) in [6.07, 6.45) is 4.15. The molecule has 2 rings (SSSR count). The number of nitrogens with one attached hydrogen (secondary N) is 2. The molecule has 9 heteroatoms. The van der Waals surface area contributed by atoms with Gasteiger partial charge < -0.3 is 15.4 Å². The van der Waals surface area contributed by atoms with Gasteiger partial charge in [0.2, 0.25) is 5.88 Å². The van der Waals surface area contributed by atoms with Gasteiger partial charge in [0, 0.05) is 32.1 Å². The van der Waals surface area contributed by atoms with Gasteiger partial charge in [0.05, 0.1) is 11.6 Å². The number of guanidine groups is 1. The van der Waals surface area contributed by atoms with Crippen molar-refractivity contribution in [1.29, 1.82) is 0 Å².